The topological polar surface area (TPSA) is 54.5 Å². The van der Waals surface area contributed by atoms with Crippen molar-refractivity contribution >= 4 is 26.8 Å². The van der Waals surface area contributed by atoms with Gasteiger partial charge in [0.1, 0.15) is 15.9 Å². The summed E-state index contributed by atoms with van der Waals surface area (Å²) in [6.45, 7) is 1.81. The van der Waals surface area contributed by atoms with Crippen molar-refractivity contribution in [1.29, 1.82) is 0 Å². The fourth-order valence-electron chi connectivity index (χ4n) is 1.75. The van der Waals surface area contributed by atoms with Gasteiger partial charge in [-0.3, -0.25) is 5.10 Å². The zero-order valence-electron chi connectivity index (χ0n) is 9.41. The summed E-state index contributed by atoms with van der Waals surface area (Å²) in [5.41, 5.74) is 1.82. The molecule has 0 aliphatic heterocycles. The standard InChI is InChI=1S/C12H8BrFN4/c1-6-15-4-8(5-16-6)7-2-9-11(10(14)3-7)17-18-12(9)13/h2-5H,1H3,(H,17,18). The van der Waals surface area contributed by atoms with Gasteiger partial charge >= 0.3 is 0 Å². The Bertz CT molecular complexity index is 721. The Morgan fingerprint density at radius 2 is 1.89 bits per heavy atom. The minimum atomic E-state index is -0.370. The highest BCUT2D eigenvalue weighted by Gasteiger charge is 2.11. The van der Waals surface area contributed by atoms with E-state index in [2.05, 4.69) is 36.1 Å². The lowest BCUT2D eigenvalue weighted by atomic mass is 10.1. The second-order valence-electron chi connectivity index (χ2n) is 3.91. The Kier molecular flexibility index (Phi) is 2.59. The molecule has 2 heterocycles. The highest BCUT2D eigenvalue weighted by Crippen LogP contribution is 2.29. The monoisotopic (exact) mass is 306 g/mol. The second-order valence-corrected chi connectivity index (χ2v) is 4.70. The first-order valence-electron chi connectivity index (χ1n) is 5.27. The van der Waals surface area contributed by atoms with E-state index in [1.807, 2.05) is 6.07 Å². The van der Waals surface area contributed by atoms with Gasteiger partial charge in [-0.1, -0.05) is 0 Å². The highest BCUT2D eigenvalue weighted by molar-refractivity contribution is 9.10. The number of aryl methyl sites for hydroxylation is 1. The fourth-order valence-corrected chi connectivity index (χ4v) is 2.14. The third-order valence-corrected chi connectivity index (χ3v) is 3.28. The van der Waals surface area contributed by atoms with E-state index in [-0.39, 0.29) is 5.82 Å². The number of nitrogens with one attached hydrogen (secondary N) is 1. The molecule has 4 nitrogen and oxygen atoms in total. The average molecular weight is 307 g/mol. The highest BCUT2D eigenvalue weighted by atomic mass is 79.9. The molecule has 0 aliphatic carbocycles. The van der Waals surface area contributed by atoms with Gasteiger partial charge in [0.15, 0.2) is 5.82 Å². The quantitative estimate of drug-likeness (QED) is 0.751. The maximum Gasteiger partial charge on any atom is 0.151 e. The molecular weight excluding hydrogens is 299 g/mol. The molecule has 0 radical (unpaired) electrons. The minimum Gasteiger partial charge on any atom is -0.270 e. The summed E-state index contributed by atoms with van der Waals surface area (Å²) in [6.07, 6.45) is 3.36. The number of hydrogen-bond donors (Lipinski definition) is 1. The van der Waals surface area contributed by atoms with E-state index in [0.717, 1.165) is 11.1 Å². The first-order chi connectivity index (χ1) is 8.65. The summed E-state index contributed by atoms with van der Waals surface area (Å²) in [7, 11) is 0. The second kappa shape index (κ2) is 4.13. The van der Waals surface area contributed by atoms with Crippen LogP contribution in [0, 0.1) is 12.7 Å². The normalized spacial score (nSPS) is 11.1. The molecule has 18 heavy (non-hydrogen) atoms. The summed E-state index contributed by atoms with van der Waals surface area (Å²) in [5.74, 6) is 0.315. The molecule has 3 aromatic rings. The number of rotatable bonds is 1. The molecule has 1 N–H and O–H groups in total. The smallest absolute Gasteiger partial charge is 0.151 e. The van der Waals surface area contributed by atoms with Crippen LogP contribution in [0.25, 0.3) is 22.0 Å². The Balaban J connectivity index is 2.23. The summed E-state index contributed by atoms with van der Waals surface area (Å²) < 4.78 is 14.5. The Morgan fingerprint density at radius 1 is 1.17 bits per heavy atom. The predicted molar refractivity (Wildman–Crippen MR) is 69.5 cm³/mol. The van der Waals surface area contributed by atoms with E-state index >= 15 is 0 Å². The van der Waals surface area contributed by atoms with Crippen LogP contribution in [0.2, 0.25) is 0 Å². The molecule has 0 amide bonds. The molecular formula is C12H8BrFN4. The Labute approximate surface area is 110 Å². The maximum absolute atomic E-state index is 13.9. The first kappa shape index (κ1) is 11.3. The lowest BCUT2D eigenvalue weighted by Gasteiger charge is -2.02. The molecule has 0 fully saturated rings. The number of nitrogens with zero attached hydrogens (tertiary/aromatic N) is 3. The Morgan fingerprint density at radius 3 is 2.61 bits per heavy atom. The summed E-state index contributed by atoms with van der Waals surface area (Å²) in [5, 5.41) is 7.29. The maximum atomic E-state index is 13.9. The fraction of sp³-hybridized carbons (Fsp3) is 0.0833. The van der Waals surface area contributed by atoms with Gasteiger partial charge in [-0.15, -0.1) is 0 Å². The third-order valence-electron chi connectivity index (χ3n) is 2.68. The van der Waals surface area contributed by atoms with E-state index < -0.39 is 0 Å². The minimum absolute atomic E-state index is 0.318. The number of halogens is 2. The van der Waals surface area contributed by atoms with Crippen LogP contribution in [0.5, 0.6) is 0 Å². The van der Waals surface area contributed by atoms with E-state index in [9.17, 15) is 4.39 Å². The van der Waals surface area contributed by atoms with E-state index in [1.165, 1.54) is 6.07 Å². The van der Waals surface area contributed by atoms with Crippen LogP contribution in [0.4, 0.5) is 4.39 Å². The van der Waals surface area contributed by atoms with Gasteiger partial charge in [-0.2, -0.15) is 5.10 Å². The van der Waals surface area contributed by atoms with Crippen LogP contribution in [0.1, 0.15) is 5.82 Å². The molecule has 0 spiro atoms. The van der Waals surface area contributed by atoms with Gasteiger partial charge in [0.25, 0.3) is 0 Å². The molecule has 0 unspecified atom stereocenters. The number of H-pyrrole nitrogens is 1. The lowest BCUT2D eigenvalue weighted by Crippen LogP contribution is -1.89. The van der Waals surface area contributed by atoms with Crippen LogP contribution >= 0.6 is 15.9 Å². The van der Waals surface area contributed by atoms with Crippen LogP contribution in [0.15, 0.2) is 29.1 Å². The van der Waals surface area contributed by atoms with Crippen molar-refractivity contribution in [2.75, 3.05) is 0 Å². The number of fused-ring (bicyclic) bond motifs is 1. The van der Waals surface area contributed by atoms with Crippen molar-refractivity contribution in [3.05, 3.63) is 40.8 Å². The molecule has 0 bridgehead atoms. The van der Waals surface area contributed by atoms with Crippen LogP contribution in [-0.2, 0) is 0 Å². The van der Waals surface area contributed by atoms with E-state index in [1.54, 1.807) is 19.3 Å². The van der Waals surface area contributed by atoms with Crippen LogP contribution < -0.4 is 0 Å². The average Bonchev–Trinajstić information content (AvgIpc) is 2.73. The van der Waals surface area contributed by atoms with Gasteiger partial charge in [-0.25, -0.2) is 14.4 Å². The summed E-state index contributed by atoms with van der Waals surface area (Å²) in [4.78, 5) is 8.21. The van der Waals surface area contributed by atoms with Gasteiger partial charge in [0.2, 0.25) is 0 Å². The molecule has 0 saturated heterocycles. The zero-order chi connectivity index (χ0) is 12.7. The van der Waals surface area contributed by atoms with Gasteiger partial charge in [0, 0.05) is 23.3 Å². The number of aromatic amines is 1. The lowest BCUT2D eigenvalue weighted by molar-refractivity contribution is 0.636. The summed E-state index contributed by atoms with van der Waals surface area (Å²) in [6, 6.07) is 3.28. The number of aromatic nitrogens is 4. The van der Waals surface area contributed by atoms with Crippen molar-refractivity contribution in [3.8, 4) is 11.1 Å². The molecule has 0 saturated carbocycles. The largest absolute Gasteiger partial charge is 0.270 e. The first-order valence-corrected chi connectivity index (χ1v) is 6.06. The third kappa shape index (κ3) is 1.78. The van der Waals surface area contributed by atoms with Crippen molar-refractivity contribution in [3.63, 3.8) is 0 Å². The predicted octanol–water partition coefficient (Wildman–Crippen LogP) is 3.23. The zero-order valence-corrected chi connectivity index (χ0v) is 11.0. The van der Waals surface area contributed by atoms with Crippen molar-refractivity contribution in [1.82, 2.24) is 20.2 Å². The van der Waals surface area contributed by atoms with Crippen molar-refractivity contribution in [2.24, 2.45) is 0 Å². The molecule has 0 aliphatic rings. The van der Waals surface area contributed by atoms with Gasteiger partial charge in [-0.05, 0) is 40.5 Å². The number of benzene rings is 1. The molecule has 6 heteroatoms. The SMILES string of the molecule is Cc1ncc(-c2cc(F)c3n[nH]c(Br)c3c2)cn1. The van der Waals surface area contributed by atoms with Crippen molar-refractivity contribution in [2.45, 2.75) is 6.92 Å². The Hall–Kier alpha value is -1.82. The van der Waals surface area contributed by atoms with E-state index in [0.29, 0.717) is 21.3 Å². The molecule has 3 rings (SSSR count). The van der Waals surface area contributed by atoms with Gasteiger partial charge in [0.05, 0.1) is 0 Å². The molecule has 2 aromatic heterocycles. The van der Waals surface area contributed by atoms with Gasteiger partial charge < -0.3 is 0 Å². The van der Waals surface area contributed by atoms with Crippen LogP contribution in [-0.4, -0.2) is 20.2 Å². The van der Waals surface area contributed by atoms with Crippen molar-refractivity contribution < 1.29 is 4.39 Å². The molecule has 1 aromatic carbocycles. The number of hydrogen-bond acceptors (Lipinski definition) is 3. The summed E-state index contributed by atoms with van der Waals surface area (Å²) >= 11 is 3.30. The molecule has 0 atom stereocenters. The van der Waals surface area contributed by atoms with E-state index in [4.69, 9.17) is 0 Å². The van der Waals surface area contributed by atoms with Crippen LogP contribution in [0.3, 0.4) is 0 Å². The molecule has 90 valence electrons.